The van der Waals surface area contributed by atoms with Crippen LogP contribution in [0.4, 0.5) is 10.6 Å². The molecule has 1 atom stereocenters. The van der Waals surface area contributed by atoms with Gasteiger partial charge >= 0.3 is 6.09 Å². The highest BCUT2D eigenvalue weighted by Gasteiger charge is 2.32. The number of rotatable bonds is 3. The van der Waals surface area contributed by atoms with Gasteiger partial charge in [-0.05, 0) is 20.8 Å². The lowest BCUT2D eigenvalue weighted by molar-refractivity contribution is 0.0558. The summed E-state index contributed by atoms with van der Waals surface area (Å²) in [6.45, 7) is 6.16. The minimum absolute atomic E-state index is 0.00255. The first-order valence-corrected chi connectivity index (χ1v) is 8.73. The zero-order chi connectivity index (χ0) is 16.5. The number of carbonyl (C=O) groups excluding carboxylic acids is 1. The Morgan fingerprint density at radius 2 is 2.09 bits per heavy atom. The number of carbonyl (C=O) groups is 1. The number of fused-ring (bicyclic) bond motifs is 1. The molecule has 1 aliphatic rings. The van der Waals surface area contributed by atoms with Crippen LogP contribution in [0.3, 0.4) is 0 Å². The van der Waals surface area contributed by atoms with E-state index in [0.29, 0.717) is 18.9 Å². The topological polar surface area (TPSA) is 90.7 Å². The molecule has 1 unspecified atom stereocenters. The average molecular weight is 331 g/mol. The quantitative estimate of drug-likeness (QED) is 0.774. The van der Waals surface area contributed by atoms with Gasteiger partial charge in [-0.1, -0.05) is 0 Å². The first-order valence-electron chi connectivity index (χ1n) is 6.92. The van der Waals surface area contributed by atoms with Crippen LogP contribution in [0.5, 0.6) is 0 Å². The van der Waals surface area contributed by atoms with Crippen LogP contribution in [-0.4, -0.2) is 49.3 Å². The molecule has 22 heavy (non-hydrogen) atoms. The minimum Gasteiger partial charge on any atom is -0.443 e. The molecule has 0 bridgehead atoms. The van der Waals surface area contributed by atoms with E-state index in [4.69, 9.17) is 8.92 Å². The number of nitrogens with zero attached hydrogens (tertiary/aromatic N) is 3. The summed E-state index contributed by atoms with van der Waals surface area (Å²) in [4.78, 5) is 13.8. The smallest absolute Gasteiger partial charge is 0.416 e. The maximum absolute atomic E-state index is 12.3. The second-order valence-corrected chi connectivity index (χ2v) is 7.96. The van der Waals surface area contributed by atoms with Gasteiger partial charge in [-0.25, -0.2) is 9.48 Å². The summed E-state index contributed by atoms with van der Waals surface area (Å²) in [5.74, 6) is 0.444. The summed E-state index contributed by atoms with van der Waals surface area (Å²) in [7, 11) is -3.52. The van der Waals surface area contributed by atoms with Crippen LogP contribution in [0.25, 0.3) is 0 Å². The number of ether oxygens (including phenoxy) is 1. The van der Waals surface area contributed by atoms with Crippen LogP contribution in [0.15, 0.2) is 12.3 Å². The fourth-order valence-corrected chi connectivity index (χ4v) is 2.60. The van der Waals surface area contributed by atoms with E-state index in [1.807, 2.05) is 0 Å². The van der Waals surface area contributed by atoms with E-state index in [2.05, 4.69) is 5.10 Å². The maximum Gasteiger partial charge on any atom is 0.416 e. The summed E-state index contributed by atoms with van der Waals surface area (Å²) in [5.41, 5.74) is -0.613. The van der Waals surface area contributed by atoms with Gasteiger partial charge in [-0.3, -0.25) is 9.08 Å². The number of amides is 1. The number of hydrogen-bond donors (Lipinski definition) is 0. The van der Waals surface area contributed by atoms with Crippen molar-refractivity contribution < 1.29 is 22.1 Å². The van der Waals surface area contributed by atoms with Gasteiger partial charge in [0.2, 0.25) is 0 Å². The molecule has 1 aliphatic heterocycles. The standard InChI is InChI=1S/C13H21N3O5S/c1-13(2,3)21-12(17)15-7-10(9-20-22(4,18)19)8-16-11(15)5-6-14-16/h5-6,10H,7-9H2,1-4H3. The van der Waals surface area contributed by atoms with E-state index in [9.17, 15) is 13.2 Å². The van der Waals surface area contributed by atoms with E-state index in [0.717, 1.165) is 6.26 Å². The van der Waals surface area contributed by atoms with Crippen molar-refractivity contribution in [3.05, 3.63) is 12.3 Å². The Bertz CT molecular complexity index is 647. The van der Waals surface area contributed by atoms with E-state index in [1.165, 1.54) is 4.90 Å². The van der Waals surface area contributed by atoms with Crippen LogP contribution < -0.4 is 4.90 Å². The molecule has 9 heteroatoms. The van der Waals surface area contributed by atoms with Crippen molar-refractivity contribution in [3.63, 3.8) is 0 Å². The highest BCUT2D eigenvalue weighted by molar-refractivity contribution is 7.85. The highest BCUT2D eigenvalue weighted by Crippen LogP contribution is 2.25. The van der Waals surface area contributed by atoms with Gasteiger partial charge in [0.05, 0.1) is 19.1 Å². The van der Waals surface area contributed by atoms with Crippen molar-refractivity contribution >= 4 is 22.0 Å². The number of hydrogen-bond acceptors (Lipinski definition) is 6. The lowest BCUT2D eigenvalue weighted by atomic mass is 10.1. The van der Waals surface area contributed by atoms with E-state index in [-0.39, 0.29) is 12.5 Å². The first-order chi connectivity index (χ1) is 10.1. The molecule has 124 valence electrons. The Balaban J connectivity index is 2.14. The largest absolute Gasteiger partial charge is 0.443 e. The summed E-state index contributed by atoms with van der Waals surface area (Å²) < 4.78 is 34.1. The zero-order valence-electron chi connectivity index (χ0n) is 13.1. The van der Waals surface area contributed by atoms with Crippen LogP contribution in [0.2, 0.25) is 0 Å². The molecular weight excluding hydrogens is 310 g/mol. The van der Waals surface area contributed by atoms with Crippen molar-refractivity contribution in [2.45, 2.75) is 32.9 Å². The van der Waals surface area contributed by atoms with Crippen molar-refractivity contribution in [2.75, 3.05) is 24.3 Å². The fraction of sp³-hybridized carbons (Fsp3) is 0.692. The van der Waals surface area contributed by atoms with Gasteiger partial charge in [0, 0.05) is 25.1 Å². The van der Waals surface area contributed by atoms with E-state index >= 15 is 0 Å². The summed E-state index contributed by atoms with van der Waals surface area (Å²) >= 11 is 0. The molecule has 0 saturated heterocycles. The fourth-order valence-electron chi connectivity index (χ4n) is 2.16. The second kappa shape index (κ2) is 5.88. The van der Waals surface area contributed by atoms with Crippen LogP contribution >= 0.6 is 0 Å². The molecule has 2 rings (SSSR count). The number of aromatic nitrogens is 2. The van der Waals surface area contributed by atoms with E-state index in [1.54, 1.807) is 37.7 Å². The Morgan fingerprint density at radius 3 is 2.68 bits per heavy atom. The van der Waals surface area contributed by atoms with Gasteiger partial charge < -0.3 is 4.74 Å². The molecule has 0 aliphatic carbocycles. The molecule has 1 amide bonds. The lowest BCUT2D eigenvalue weighted by Crippen LogP contribution is -2.46. The predicted molar refractivity (Wildman–Crippen MR) is 80.1 cm³/mol. The third kappa shape index (κ3) is 4.44. The van der Waals surface area contributed by atoms with Gasteiger partial charge in [-0.15, -0.1) is 0 Å². The Hall–Kier alpha value is -1.61. The lowest BCUT2D eigenvalue weighted by Gasteiger charge is -2.34. The molecule has 8 nitrogen and oxygen atoms in total. The minimum atomic E-state index is -3.52. The Morgan fingerprint density at radius 1 is 1.41 bits per heavy atom. The molecule has 1 aromatic heterocycles. The second-order valence-electron chi connectivity index (χ2n) is 6.32. The highest BCUT2D eigenvalue weighted by atomic mass is 32.2. The van der Waals surface area contributed by atoms with Crippen molar-refractivity contribution in [1.29, 1.82) is 0 Å². The van der Waals surface area contributed by atoms with Crippen LogP contribution in [-0.2, 0) is 25.6 Å². The van der Waals surface area contributed by atoms with Crippen LogP contribution in [0, 0.1) is 5.92 Å². The molecule has 2 heterocycles. The third-order valence-corrected chi connectivity index (χ3v) is 3.54. The molecule has 0 radical (unpaired) electrons. The molecule has 0 spiro atoms. The Kier molecular flexibility index (Phi) is 4.48. The summed E-state index contributed by atoms with van der Waals surface area (Å²) in [5, 5.41) is 4.14. The normalized spacial score (nSPS) is 18.9. The average Bonchev–Trinajstić information content (AvgIpc) is 2.80. The molecule has 1 aromatic rings. The van der Waals surface area contributed by atoms with Gasteiger partial charge in [0.15, 0.2) is 0 Å². The predicted octanol–water partition coefficient (Wildman–Crippen LogP) is 1.23. The van der Waals surface area contributed by atoms with Crippen molar-refractivity contribution in [2.24, 2.45) is 5.92 Å². The first kappa shape index (κ1) is 16.8. The molecule has 0 aromatic carbocycles. The molecule has 0 saturated carbocycles. The van der Waals surface area contributed by atoms with Gasteiger partial charge in [0.25, 0.3) is 10.1 Å². The van der Waals surface area contributed by atoms with Gasteiger partial charge in [0.1, 0.15) is 11.4 Å². The number of anilines is 1. The zero-order valence-corrected chi connectivity index (χ0v) is 14.0. The molecular formula is C13H21N3O5S. The SMILES string of the molecule is CC(C)(C)OC(=O)N1CC(COS(C)(=O)=O)Cn2nccc21. The maximum atomic E-state index is 12.3. The van der Waals surface area contributed by atoms with E-state index < -0.39 is 21.8 Å². The summed E-state index contributed by atoms with van der Waals surface area (Å²) in [6, 6.07) is 1.72. The van der Waals surface area contributed by atoms with Crippen LogP contribution in [0.1, 0.15) is 20.8 Å². The Labute approximate surface area is 130 Å². The third-order valence-electron chi connectivity index (χ3n) is 2.97. The van der Waals surface area contributed by atoms with Crippen molar-refractivity contribution in [1.82, 2.24) is 9.78 Å². The summed E-state index contributed by atoms with van der Waals surface area (Å²) in [6.07, 6.45) is 2.10. The molecule has 0 N–H and O–H groups in total. The molecule has 0 fully saturated rings. The van der Waals surface area contributed by atoms with Crippen molar-refractivity contribution in [3.8, 4) is 0 Å². The monoisotopic (exact) mass is 331 g/mol. The van der Waals surface area contributed by atoms with Gasteiger partial charge in [-0.2, -0.15) is 13.5 Å².